The van der Waals surface area contributed by atoms with Crippen LogP contribution >= 0.6 is 0 Å². The SMILES string of the molecule is c1ccc(-c2ccc(-c3ccc(-c4ccc(-c5nc6c(-c7cccc8ccccc78)ccc(-c7cccc8ccccc78)c6o5)cc4)cc3)c(-c3ccc(-c4ccc(-c5nc6c(-c7cccc8ccccc78)ccc(-c7cccc8ccccc78)c6o5)cc4)cc3)n2)nc1. The maximum atomic E-state index is 6.94. The third-order valence-electron chi connectivity index (χ3n) is 18.5. The van der Waals surface area contributed by atoms with E-state index < -0.39 is 0 Å². The number of aromatic nitrogens is 4. The maximum absolute atomic E-state index is 6.94. The topological polar surface area (TPSA) is 77.8 Å². The van der Waals surface area contributed by atoms with Crippen LogP contribution in [0.3, 0.4) is 0 Å². The van der Waals surface area contributed by atoms with Gasteiger partial charge >= 0.3 is 0 Å². The fourth-order valence-corrected chi connectivity index (χ4v) is 13.8. The zero-order valence-corrected chi connectivity index (χ0v) is 50.8. The van der Waals surface area contributed by atoms with E-state index in [1.165, 1.54) is 37.7 Å². The number of pyridine rings is 2. The summed E-state index contributed by atoms with van der Waals surface area (Å²) in [5.41, 5.74) is 23.4. The Balaban J connectivity index is 0.653. The Bertz CT molecular complexity index is 5700. The van der Waals surface area contributed by atoms with Crippen LogP contribution in [0.25, 0.3) is 189 Å². The molecule has 6 nitrogen and oxygen atoms in total. The predicted molar refractivity (Wildman–Crippen MR) is 387 cm³/mol. The van der Waals surface area contributed by atoms with Gasteiger partial charge in [-0.3, -0.25) is 4.98 Å². The van der Waals surface area contributed by atoms with Crippen molar-refractivity contribution in [3.05, 3.63) is 328 Å². The Morgan fingerprint density at radius 3 is 0.936 bits per heavy atom. The largest absolute Gasteiger partial charge is 0.435 e. The van der Waals surface area contributed by atoms with Crippen LogP contribution in [0.4, 0.5) is 0 Å². The van der Waals surface area contributed by atoms with Crippen LogP contribution in [0, 0.1) is 0 Å². The standard InChI is InChI=1S/C88H54N4O2/c1-5-23-67-59(15-1)19-11-27-72(67)76-48-50-78(74-29-13-21-61-17-3-7-25-69(61)74)85-83(76)91-87(93-85)65-44-36-57(37-45-65)55-32-40-63(41-33-55)71-52-53-81(80-31-9-10-54-89-80)90-82(71)64-42-34-56(35-43-64)58-38-46-66(47-39-58)88-92-84-77(73-28-12-20-60-16-2-6-24-68(60)73)49-51-79(86(84)94-88)75-30-14-22-62-18-4-8-26-70(62)75/h1-54H. The fraction of sp³-hybridized carbons (Fsp3) is 0. The van der Waals surface area contributed by atoms with Gasteiger partial charge in [0.05, 0.1) is 17.1 Å². The van der Waals surface area contributed by atoms with Gasteiger partial charge in [-0.15, -0.1) is 0 Å². The van der Waals surface area contributed by atoms with Crippen LogP contribution in [-0.4, -0.2) is 19.9 Å². The van der Waals surface area contributed by atoms with E-state index in [1.54, 1.807) is 0 Å². The second kappa shape index (κ2) is 22.7. The van der Waals surface area contributed by atoms with Crippen molar-refractivity contribution in [2.45, 2.75) is 0 Å². The highest BCUT2D eigenvalue weighted by atomic mass is 16.4. The molecule has 0 aliphatic carbocycles. The molecule has 4 aromatic heterocycles. The third kappa shape index (κ3) is 9.51. The summed E-state index contributed by atoms with van der Waals surface area (Å²) in [5, 5.41) is 9.38. The van der Waals surface area contributed by atoms with E-state index in [9.17, 15) is 0 Å². The summed E-state index contributed by atoms with van der Waals surface area (Å²) in [5.74, 6) is 1.14. The first kappa shape index (κ1) is 54.3. The molecule has 18 rings (SSSR count). The number of oxazole rings is 2. The molecular weight excluding hydrogens is 1140 g/mol. The lowest BCUT2D eigenvalue weighted by Crippen LogP contribution is -1.94. The van der Waals surface area contributed by atoms with Crippen LogP contribution in [0.2, 0.25) is 0 Å². The monoisotopic (exact) mass is 1200 g/mol. The van der Waals surface area contributed by atoms with Crippen LogP contribution in [0.15, 0.2) is 337 Å². The van der Waals surface area contributed by atoms with Crippen LogP contribution in [0.5, 0.6) is 0 Å². The van der Waals surface area contributed by atoms with Crippen molar-refractivity contribution in [3.63, 3.8) is 0 Å². The summed E-state index contributed by atoms with van der Waals surface area (Å²) in [6.07, 6.45) is 1.81. The molecule has 0 saturated carbocycles. The highest BCUT2D eigenvalue weighted by Crippen LogP contribution is 2.45. The molecule has 0 N–H and O–H groups in total. The van der Waals surface area contributed by atoms with Crippen molar-refractivity contribution in [3.8, 4) is 123 Å². The zero-order chi connectivity index (χ0) is 62.1. The molecule has 0 bridgehead atoms. The average Bonchev–Trinajstić information content (AvgIpc) is 1.51. The lowest BCUT2D eigenvalue weighted by atomic mass is 9.93. The van der Waals surface area contributed by atoms with Gasteiger partial charge in [-0.2, -0.15) is 0 Å². The first-order chi connectivity index (χ1) is 46.6. The number of hydrogen-bond donors (Lipinski definition) is 0. The second-order valence-electron chi connectivity index (χ2n) is 23.9. The Morgan fingerprint density at radius 1 is 0.202 bits per heavy atom. The Morgan fingerprint density at radius 2 is 0.532 bits per heavy atom. The van der Waals surface area contributed by atoms with Gasteiger partial charge in [0.25, 0.3) is 0 Å². The fourth-order valence-electron chi connectivity index (χ4n) is 13.8. The maximum Gasteiger partial charge on any atom is 0.227 e. The average molecular weight is 1200 g/mol. The Kier molecular flexibility index (Phi) is 13.1. The van der Waals surface area contributed by atoms with Gasteiger partial charge < -0.3 is 8.83 Å². The zero-order valence-electron chi connectivity index (χ0n) is 50.8. The lowest BCUT2D eigenvalue weighted by Gasteiger charge is -2.13. The summed E-state index contributed by atoms with van der Waals surface area (Å²) in [6.45, 7) is 0. The summed E-state index contributed by atoms with van der Waals surface area (Å²) in [6, 6.07) is 113. The molecule has 438 valence electrons. The molecule has 0 unspecified atom stereocenters. The van der Waals surface area contributed by atoms with Crippen LogP contribution in [-0.2, 0) is 0 Å². The number of benzene rings is 14. The molecule has 0 aliphatic heterocycles. The van der Waals surface area contributed by atoms with Gasteiger partial charge in [0.1, 0.15) is 11.0 Å². The van der Waals surface area contributed by atoms with E-state index in [4.69, 9.17) is 23.8 Å². The number of fused-ring (bicyclic) bond motifs is 6. The highest BCUT2D eigenvalue weighted by molar-refractivity contribution is 6.12. The molecule has 94 heavy (non-hydrogen) atoms. The molecule has 14 aromatic carbocycles. The van der Waals surface area contributed by atoms with Crippen molar-refractivity contribution in [1.82, 2.24) is 19.9 Å². The van der Waals surface area contributed by atoms with Gasteiger partial charge in [-0.05, 0) is 154 Å². The Labute approximate surface area is 542 Å². The molecule has 18 aromatic rings. The molecule has 0 radical (unpaired) electrons. The van der Waals surface area contributed by atoms with Crippen LogP contribution in [0.1, 0.15) is 0 Å². The molecule has 0 amide bonds. The van der Waals surface area contributed by atoms with Crippen LogP contribution < -0.4 is 0 Å². The molecule has 0 aliphatic rings. The van der Waals surface area contributed by atoms with Gasteiger partial charge in [0.15, 0.2) is 11.2 Å². The molecule has 0 fully saturated rings. The lowest BCUT2D eigenvalue weighted by molar-refractivity contribution is 0.620. The van der Waals surface area contributed by atoms with E-state index in [0.717, 1.165) is 139 Å². The van der Waals surface area contributed by atoms with E-state index in [2.05, 4.69) is 308 Å². The summed E-state index contributed by atoms with van der Waals surface area (Å²) >= 11 is 0. The summed E-state index contributed by atoms with van der Waals surface area (Å²) in [7, 11) is 0. The van der Waals surface area contributed by atoms with Gasteiger partial charge in [-0.1, -0.05) is 261 Å². The molecular formula is C88H54N4O2. The summed E-state index contributed by atoms with van der Waals surface area (Å²) in [4.78, 5) is 20.7. The molecule has 0 atom stereocenters. The smallest absolute Gasteiger partial charge is 0.227 e. The van der Waals surface area contributed by atoms with Crippen molar-refractivity contribution >= 4 is 65.3 Å². The van der Waals surface area contributed by atoms with Gasteiger partial charge in [-0.25, -0.2) is 15.0 Å². The summed E-state index contributed by atoms with van der Waals surface area (Å²) < 4.78 is 13.9. The number of rotatable bonds is 11. The molecule has 0 saturated heterocycles. The van der Waals surface area contributed by atoms with Crippen molar-refractivity contribution < 1.29 is 8.83 Å². The van der Waals surface area contributed by atoms with Crippen molar-refractivity contribution in [2.24, 2.45) is 0 Å². The predicted octanol–water partition coefficient (Wildman–Crippen LogP) is 23.7. The number of nitrogens with zero attached hydrogens (tertiary/aromatic N) is 4. The highest BCUT2D eigenvalue weighted by Gasteiger charge is 2.23. The minimum absolute atomic E-state index is 0.569. The third-order valence-corrected chi connectivity index (χ3v) is 18.5. The van der Waals surface area contributed by atoms with Gasteiger partial charge in [0, 0.05) is 50.7 Å². The molecule has 6 heteroatoms. The second-order valence-corrected chi connectivity index (χ2v) is 23.9. The normalized spacial score (nSPS) is 11.6. The van der Waals surface area contributed by atoms with E-state index >= 15 is 0 Å². The van der Waals surface area contributed by atoms with E-state index in [1.807, 2.05) is 24.4 Å². The van der Waals surface area contributed by atoms with E-state index in [-0.39, 0.29) is 0 Å². The van der Waals surface area contributed by atoms with Crippen molar-refractivity contribution in [2.75, 3.05) is 0 Å². The van der Waals surface area contributed by atoms with E-state index in [0.29, 0.717) is 11.8 Å². The first-order valence-corrected chi connectivity index (χ1v) is 31.7. The first-order valence-electron chi connectivity index (χ1n) is 31.7. The van der Waals surface area contributed by atoms with Crippen molar-refractivity contribution in [1.29, 1.82) is 0 Å². The Hall–Kier alpha value is -12.6. The minimum atomic E-state index is 0.569. The number of hydrogen-bond acceptors (Lipinski definition) is 6. The molecule has 0 spiro atoms. The molecule has 4 heterocycles. The quantitative estimate of drug-likeness (QED) is 0.128. The minimum Gasteiger partial charge on any atom is -0.435 e. The van der Waals surface area contributed by atoms with Gasteiger partial charge in [0.2, 0.25) is 11.8 Å².